The predicted molar refractivity (Wildman–Crippen MR) is 43.3 cm³/mol. The number of hydrogen-bond donors (Lipinski definition) is 0. The van der Waals surface area contributed by atoms with Gasteiger partial charge in [0, 0.05) is 6.61 Å². The van der Waals surface area contributed by atoms with Gasteiger partial charge in [-0.3, -0.25) is 0 Å². The van der Waals surface area contributed by atoms with Crippen LogP contribution < -0.4 is 0 Å². The molecule has 1 nitrogen and oxygen atoms in total. The third kappa shape index (κ3) is 3.43. The van der Waals surface area contributed by atoms with Gasteiger partial charge < -0.3 is 4.74 Å². The van der Waals surface area contributed by atoms with Gasteiger partial charge in [0.15, 0.2) is 0 Å². The zero-order valence-corrected chi connectivity index (χ0v) is 7.07. The van der Waals surface area contributed by atoms with E-state index in [4.69, 9.17) is 16.3 Å². The quantitative estimate of drug-likeness (QED) is 0.498. The second-order valence-corrected chi connectivity index (χ2v) is 3.32. The molecule has 0 aromatic carbocycles. The van der Waals surface area contributed by atoms with Crippen molar-refractivity contribution in [2.45, 2.75) is 44.1 Å². The van der Waals surface area contributed by atoms with Crippen LogP contribution in [0.25, 0.3) is 0 Å². The van der Waals surface area contributed by atoms with Crippen LogP contribution in [0, 0.1) is 0 Å². The molecule has 1 saturated heterocycles. The molecule has 60 valence electrons. The molecule has 1 fully saturated rings. The summed E-state index contributed by atoms with van der Waals surface area (Å²) in [6, 6.07) is 0. The molecule has 1 rings (SSSR count). The largest absolute Gasteiger partial charge is 0.362 e. The summed E-state index contributed by atoms with van der Waals surface area (Å²) in [5.41, 5.74) is -0.0156. The van der Waals surface area contributed by atoms with Gasteiger partial charge >= 0.3 is 0 Å². The van der Waals surface area contributed by atoms with Crippen molar-refractivity contribution in [2.24, 2.45) is 0 Å². The van der Waals surface area contributed by atoms with Crippen LogP contribution in [-0.2, 0) is 4.74 Å². The summed E-state index contributed by atoms with van der Waals surface area (Å²) in [5, 5.41) is 0. The number of halogens is 1. The van der Waals surface area contributed by atoms with Crippen molar-refractivity contribution in [1.82, 2.24) is 0 Å². The zero-order chi connectivity index (χ0) is 7.23. The molecule has 1 unspecified atom stereocenters. The number of alkyl halides is 1. The van der Waals surface area contributed by atoms with Gasteiger partial charge in [-0.05, 0) is 19.3 Å². The summed E-state index contributed by atoms with van der Waals surface area (Å²) < 4.78 is 5.33. The van der Waals surface area contributed by atoms with E-state index in [1.807, 2.05) is 0 Å². The van der Waals surface area contributed by atoms with Gasteiger partial charge in [-0.2, -0.15) is 0 Å². The van der Waals surface area contributed by atoms with E-state index in [1.54, 1.807) is 0 Å². The molecule has 1 aliphatic heterocycles. The monoisotopic (exact) mass is 162 g/mol. The Balaban J connectivity index is 2.15. The standard InChI is InChI=1S/C8H15ClO/c9-8-6-4-2-1-3-5-7-10-8/h8H,1-7H2. The highest BCUT2D eigenvalue weighted by atomic mass is 35.5. The third-order valence-electron chi connectivity index (χ3n) is 1.87. The molecular formula is C8H15ClO. The molecule has 0 aromatic rings. The summed E-state index contributed by atoms with van der Waals surface area (Å²) in [5.74, 6) is 0. The number of rotatable bonds is 0. The number of ether oxygens (including phenoxy) is 1. The Hall–Kier alpha value is 0.250. The maximum absolute atomic E-state index is 5.84. The smallest absolute Gasteiger partial charge is 0.131 e. The van der Waals surface area contributed by atoms with Crippen LogP contribution >= 0.6 is 11.6 Å². The van der Waals surface area contributed by atoms with E-state index in [9.17, 15) is 0 Å². The first-order chi connectivity index (χ1) is 4.89. The summed E-state index contributed by atoms with van der Waals surface area (Å²) in [6.07, 6.45) is 7.43. The average molecular weight is 163 g/mol. The van der Waals surface area contributed by atoms with Crippen molar-refractivity contribution in [3.8, 4) is 0 Å². The molecule has 2 heteroatoms. The van der Waals surface area contributed by atoms with E-state index in [1.165, 1.54) is 32.1 Å². The normalized spacial score (nSPS) is 30.3. The molecule has 0 spiro atoms. The van der Waals surface area contributed by atoms with Gasteiger partial charge in [-0.25, -0.2) is 0 Å². The summed E-state index contributed by atoms with van der Waals surface area (Å²) in [7, 11) is 0. The van der Waals surface area contributed by atoms with Gasteiger partial charge in [-0.1, -0.05) is 30.9 Å². The fourth-order valence-corrected chi connectivity index (χ4v) is 1.48. The molecule has 0 saturated carbocycles. The fourth-order valence-electron chi connectivity index (χ4n) is 1.23. The summed E-state index contributed by atoms with van der Waals surface area (Å²) in [4.78, 5) is 0. The molecule has 1 aliphatic rings. The van der Waals surface area contributed by atoms with Crippen LogP contribution in [-0.4, -0.2) is 12.2 Å². The van der Waals surface area contributed by atoms with Crippen LogP contribution in [0.1, 0.15) is 38.5 Å². The Morgan fingerprint density at radius 2 is 1.70 bits per heavy atom. The topological polar surface area (TPSA) is 9.23 Å². The van der Waals surface area contributed by atoms with E-state index in [0.717, 1.165) is 13.0 Å². The van der Waals surface area contributed by atoms with E-state index in [2.05, 4.69) is 0 Å². The van der Waals surface area contributed by atoms with Crippen LogP contribution in [0.15, 0.2) is 0 Å². The minimum absolute atomic E-state index is 0.0156. The van der Waals surface area contributed by atoms with Crippen molar-refractivity contribution in [2.75, 3.05) is 6.61 Å². The maximum atomic E-state index is 5.84. The van der Waals surface area contributed by atoms with Crippen molar-refractivity contribution in [3.63, 3.8) is 0 Å². The lowest BCUT2D eigenvalue weighted by Gasteiger charge is -2.07. The maximum Gasteiger partial charge on any atom is 0.131 e. The van der Waals surface area contributed by atoms with Crippen molar-refractivity contribution in [3.05, 3.63) is 0 Å². The molecule has 1 atom stereocenters. The highest BCUT2D eigenvalue weighted by molar-refractivity contribution is 6.19. The van der Waals surface area contributed by atoms with E-state index >= 15 is 0 Å². The molecule has 0 aliphatic carbocycles. The van der Waals surface area contributed by atoms with Crippen LogP contribution in [0.3, 0.4) is 0 Å². The minimum atomic E-state index is -0.0156. The third-order valence-corrected chi connectivity index (χ3v) is 2.22. The van der Waals surface area contributed by atoms with Crippen molar-refractivity contribution >= 4 is 11.6 Å². The average Bonchev–Trinajstić information content (AvgIpc) is 2.02. The van der Waals surface area contributed by atoms with Gasteiger partial charge in [0.2, 0.25) is 0 Å². The van der Waals surface area contributed by atoms with E-state index in [0.29, 0.717) is 0 Å². The predicted octanol–water partition coefficient (Wildman–Crippen LogP) is 2.92. The Morgan fingerprint density at radius 1 is 1.00 bits per heavy atom. The fraction of sp³-hybridized carbons (Fsp3) is 1.00. The lowest BCUT2D eigenvalue weighted by molar-refractivity contribution is 0.101. The number of hydrogen-bond acceptors (Lipinski definition) is 1. The lowest BCUT2D eigenvalue weighted by atomic mass is 10.1. The zero-order valence-electron chi connectivity index (χ0n) is 6.31. The van der Waals surface area contributed by atoms with Gasteiger partial charge in [-0.15, -0.1) is 0 Å². The SMILES string of the molecule is ClC1CCCCCCCO1. The highest BCUT2D eigenvalue weighted by Crippen LogP contribution is 2.15. The summed E-state index contributed by atoms with van der Waals surface area (Å²) >= 11 is 5.84. The van der Waals surface area contributed by atoms with Gasteiger partial charge in [0.05, 0.1) is 0 Å². The molecule has 0 amide bonds. The first-order valence-electron chi connectivity index (χ1n) is 4.15. The van der Waals surface area contributed by atoms with Crippen molar-refractivity contribution < 1.29 is 4.74 Å². The molecule has 10 heavy (non-hydrogen) atoms. The minimum Gasteiger partial charge on any atom is -0.362 e. The molecule has 0 aromatic heterocycles. The Morgan fingerprint density at radius 3 is 2.60 bits per heavy atom. The molecule has 1 heterocycles. The first-order valence-corrected chi connectivity index (χ1v) is 4.59. The second kappa shape index (κ2) is 4.97. The molecule has 0 radical (unpaired) electrons. The van der Waals surface area contributed by atoms with Crippen LogP contribution in [0.5, 0.6) is 0 Å². The van der Waals surface area contributed by atoms with Crippen molar-refractivity contribution in [1.29, 1.82) is 0 Å². The van der Waals surface area contributed by atoms with Gasteiger partial charge in [0.1, 0.15) is 5.56 Å². The Kier molecular flexibility index (Phi) is 4.15. The Bertz CT molecular complexity index is 75.3. The Labute approximate surface area is 67.7 Å². The van der Waals surface area contributed by atoms with Crippen LogP contribution in [0.2, 0.25) is 0 Å². The molecule has 0 N–H and O–H groups in total. The first kappa shape index (κ1) is 8.35. The highest BCUT2D eigenvalue weighted by Gasteiger charge is 2.05. The second-order valence-electron chi connectivity index (χ2n) is 2.84. The molecule has 0 bridgehead atoms. The molecular weight excluding hydrogens is 148 g/mol. The van der Waals surface area contributed by atoms with E-state index < -0.39 is 0 Å². The van der Waals surface area contributed by atoms with Gasteiger partial charge in [0.25, 0.3) is 0 Å². The van der Waals surface area contributed by atoms with E-state index in [-0.39, 0.29) is 5.56 Å². The lowest BCUT2D eigenvalue weighted by Crippen LogP contribution is -2.04. The van der Waals surface area contributed by atoms with Crippen LogP contribution in [0.4, 0.5) is 0 Å². The summed E-state index contributed by atoms with van der Waals surface area (Å²) in [6.45, 7) is 0.855.